The van der Waals surface area contributed by atoms with Gasteiger partial charge in [-0.25, -0.2) is 8.78 Å². The lowest BCUT2D eigenvalue weighted by Crippen LogP contribution is -2.12. The predicted octanol–water partition coefficient (Wildman–Crippen LogP) is 3.26. The van der Waals surface area contributed by atoms with Crippen LogP contribution in [0.5, 0.6) is 0 Å². The average molecular weight is 285 g/mol. The Morgan fingerprint density at radius 2 is 2.11 bits per heavy atom. The van der Waals surface area contributed by atoms with Crippen molar-refractivity contribution in [3.8, 4) is 0 Å². The Morgan fingerprint density at radius 3 is 2.74 bits per heavy atom. The number of ketones is 1. The van der Waals surface area contributed by atoms with Crippen LogP contribution in [0.2, 0.25) is 5.02 Å². The Balaban J connectivity index is 2.25. The number of benzene rings is 1. The van der Waals surface area contributed by atoms with Crippen LogP contribution in [0.1, 0.15) is 23.0 Å². The zero-order valence-corrected chi connectivity index (χ0v) is 10.9. The predicted molar refractivity (Wildman–Crippen MR) is 67.3 cm³/mol. The molecule has 0 radical (unpaired) electrons. The van der Waals surface area contributed by atoms with Crippen molar-refractivity contribution < 1.29 is 13.6 Å². The normalized spacial score (nSPS) is 10.7. The van der Waals surface area contributed by atoms with Crippen LogP contribution in [0.15, 0.2) is 24.4 Å². The minimum absolute atomic E-state index is 0.0530. The van der Waals surface area contributed by atoms with Gasteiger partial charge in [-0.05, 0) is 24.6 Å². The van der Waals surface area contributed by atoms with Gasteiger partial charge in [0.25, 0.3) is 0 Å². The van der Waals surface area contributed by atoms with Crippen molar-refractivity contribution in [1.29, 1.82) is 0 Å². The van der Waals surface area contributed by atoms with Gasteiger partial charge in [-0.15, -0.1) is 0 Å². The SMILES string of the molecule is CCn1ncc(Cl)c1C(=O)Cc1ccc(F)c(F)c1. The van der Waals surface area contributed by atoms with E-state index < -0.39 is 11.6 Å². The van der Waals surface area contributed by atoms with Gasteiger partial charge in [-0.1, -0.05) is 17.7 Å². The number of aryl methyl sites for hydroxylation is 1. The molecule has 0 aliphatic heterocycles. The van der Waals surface area contributed by atoms with Gasteiger partial charge in [0, 0.05) is 13.0 Å². The van der Waals surface area contributed by atoms with Gasteiger partial charge >= 0.3 is 0 Å². The fourth-order valence-corrected chi connectivity index (χ4v) is 2.04. The van der Waals surface area contributed by atoms with E-state index in [4.69, 9.17) is 11.6 Å². The van der Waals surface area contributed by atoms with E-state index in [2.05, 4.69) is 5.10 Å². The van der Waals surface area contributed by atoms with Crippen molar-refractivity contribution >= 4 is 17.4 Å². The summed E-state index contributed by atoms with van der Waals surface area (Å²) in [5, 5.41) is 4.22. The number of carbonyl (C=O) groups excluding carboxylic acids is 1. The van der Waals surface area contributed by atoms with Crippen LogP contribution in [0.4, 0.5) is 8.78 Å². The second-order valence-electron chi connectivity index (χ2n) is 4.01. The van der Waals surface area contributed by atoms with Crippen LogP contribution in [-0.2, 0) is 13.0 Å². The largest absolute Gasteiger partial charge is 0.292 e. The topological polar surface area (TPSA) is 34.9 Å². The lowest BCUT2D eigenvalue weighted by molar-refractivity contribution is 0.0983. The van der Waals surface area contributed by atoms with Gasteiger partial charge in [0.1, 0.15) is 5.69 Å². The molecule has 3 nitrogen and oxygen atoms in total. The molecule has 0 fully saturated rings. The highest BCUT2D eigenvalue weighted by atomic mass is 35.5. The number of carbonyl (C=O) groups is 1. The summed E-state index contributed by atoms with van der Waals surface area (Å²) in [6.45, 7) is 2.34. The van der Waals surface area contributed by atoms with Crippen molar-refractivity contribution in [3.63, 3.8) is 0 Å². The Kier molecular flexibility index (Phi) is 3.95. The fourth-order valence-electron chi connectivity index (χ4n) is 1.80. The number of aromatic nitrogens is 2. The minimum Gasteiger partial charge on any atom is -0.292 e. The third-order valence-electron chi connectivity index (χ3n) is 2.71. The Hall–Kier alpha value is -1.75. The maximum Gasteiger partial charge on any atom is 0.186 e. The lowest BCUT2D eigenvalue weighted by Gasteiger charge is -2.05. The summed E-state index contributed by atoms with van der Waals surface area (Å²) < 4.78 is 27.3. The molecule has 1 aromatic heterocycles. The first kappa shape index (κ1) is 13.7. The van der Waals surface area contributed by atoms with Crippen molar-refractivity contribution in [2.45, 2.75) is 19.9 Å². The molecular formula is C13H11ClF2N2O. The van der Waals surface area contributed by atoms with Crippen LogP contribution in [0, 0.1) is 11.6 Å². The summed E-state index contributed by atoms with van der Waals surface area (Å²) in [7, 11) is 0. The first-order valence-corrected chi connectivity index (χ1v) is 6.09. The highest BCUT2D eigenvalue weighted by Crippen LogP contribution is 2.18. The van der Waals surface area contributed by atoms with E-state index in [1.165, 1.54) is 16.9 Å². The molecular weight excluding hydrogens is 274 g/mol. The molecule has 6 heteroatoms. The van der Waals surface area contributed by atoms with Gasteiger partial charge in [0.05, 0.1) is 11.2 Å². The van der Waals surface area contributed by atoms with Gasteiger partial charge in [-0.2, -0.15) is 5.10 Å². The maximum absolute atomic E-state index is 13.1. The molecule has 2 aromatic rings. The van der Waals surface area contributed by atoms with E-state index in [9.17, 15) is 13.6 Å². The summed E-state index contributed by atoms with van der Waals surface area (Å²) in [5.41, 5.74) is 0.678. The Morgan fingerprint density at radius 1 is 1.37 bits per heavy atom. The van der Waals surface area contributed by atoms with E-state index >= 15 is 0 Å². The molecule has 0 atom stereocenters. The van der Waals surface area contributed by atoms with Crippen LogP contribution in [-0.4, -0.2) is 15.6 Å². The second kappa shape index (κ2) is 5.48. The summed E-state index contributed by atoms with van der Waals surface area (Å²) >= 11 is 5.90. The molecule has 19 heavy (non-hydrogen) atoms. The fraction of sp³-hybridized carbons (Fsp3) is 0.231. The minimum atomic E-state index is -0.972. The smallest absolute Gasteiger partial charge is 0.186 e. The van der Waals surface area contributed by atoms with Gasteiger partial charge in [0.2, 0.25) is 0 Å². The molecule has 0 amide bonds. The molecule has 100 valence electrons. The molecule has 0 N–H and O–H groups in total. The van der Waals surface area contributed by atoms with Crippen molar-refractivity contribution in [2.24, 2.45) is 0 Å². The van der Waals surface area contributed by atoms with Crippen LogP contribution >= 0.6 is 11.6 Å². The number of rotatable bonds is 4. The van der Waals surface area contributed by atoms with Crippen LogP contribution in [0.25, 0.3) is 0 Å². The zero-order valence-electron chi connectivity index (χ0n) is 10.2. The summed E-state index contributed by atoms with van der Waals surface area (Å²) in [5.74, 6) is -2.19. The molecule has 1 aromatic carbocycles. The van der Waals surface area contributed by atoms with E-state index in [1.54, 1.807) is 0 Å². The molecule has 2 rings (SSSR count). The number of halogens is 3. The van der Waals surface area contributed by atoms with Gasteiger partial charge < -0.3 is 0 Å². The van der Waals surface area contributed by atoms with Crippen molar-refractivity contribution in [2.75, 3.05) is 0 Å². The van der Waals surface area contributed by atoms with Crippen LogP contribution in [0.3, 0.4) is 0 Å². The quantitative estimate of drug-likeness (QED) is 0.808. The first-order chi connectivity index (χ1) is 9.02. The number of hydrogen-bond donors (Lipinski definition) is 0. The molecule has 0 saturated heterocycles. The van der Waals surface area contributed by atoms with E-state index in [0.717, 1.165) is 12.1 Å². The molecule has 0 spiro atoms. The summed E-state index contributed by atoms with van der Waals surface area (Å²) in [6, 6.07) is 3.38. The standard InChI is InChI=1S/C13H11ClF2N2O/c1-2-18-13(9(14)7-17-18)12(19)6-8-3-4-10(15)11(16)5-8/h3-5,7H,2,6H2,1H3. The van der Waals surface area contributed by atoms with Gasteiger partial charge in [0.15, 0.2) is 17.4 Å². The second-order valence-corrected chi connectivity index (χ2v) is 4.41. The van der Waals surface area contributed by atoms with Gasteiger partial charge in [-0.3, -0.25) is 9.48 Å². The molecule has 0 bridgehead atoms. The van der Waals surface area contributed by atoms with Crippen molar-refractivity contribution in [1.82, 2.24) is 9.78 Å². The third-order valence-corrected chi connectivity index (χ3v) is 2.98. The molecule has 0 saturated carbocycles. The Labute approximate surface area is 113 Å². The highest BCUT2D eigenvalue weighted by molar-refractivity contribution is 6.33. The van der Waals surface area contributed by atoms with Crippen LogP contribution < -0.4 is 0 Å². The Bertz CT molecular complexity index is 625. The molecule has 0 aliphatic rings. The number of nitrogens with zero attached hydrogens (tertiary/aromatic N) is 2. The highest BCUT2D eigenvalue weighted by Gasteiger charge is 2.17. The molecule has 0 unspecified atom stereocenters. The molecule has 1 heterocycles. The van der Waals surface area contributed by atoms with E-state index in [0.29, 0.717) is 12.1 Å². The first-order valence-electron chi connectivity index (χ1n) is 5.71. The average Bonchev–Trinajstić information content (AvgIpc) is 2.75. The maximum atomic E-state index is 13.1. The van der Waals surface area contributed by atoms with E-state index in [1.807, 2.05) is 6.92 Å². The summed E-state index contributed by atoms with van der Waals surface area (Å²) in [6.07, 6.45) is 1.34. The lowest BCUT2D eigenvalue weighted by atomic mass is 10.1. The summed E-state index contributed by atoms with van der Waals surface area (Å²) in [4.78, 5) is 12.1. The van der Waals surface area contributed by atoms with E-state index in [-0.39, 0.29) is 22.9 Å². The third kappa shape index (κ3) is 2.81. The monoisotopic (exact) mass is 284 g/mol. The van der Waals surface area contributed by atoms with Crippen molar-refractivity contribution in [3.05, 3.63) is 52.3 Å². The number of hydrogen-bond acceptors (Lipinski definition) is 2. The zero-order chi connectivity index (χ0) is 14.0. The number of Topliss-reactive ketones (excluding diaryl/α,β-unsaturated/α-hetero) is 1. The molecule has 0 aliphatic carbocycles.